The van der Waals surface area contributed by atoms with Crippen molar-refractivity contribution in [3.05, 3.63) is 24.2 Å². The number of nitrogens with one attached hydrogen (secondary N) is 1. The van der Waals surface area contributed by atoms with Crippen molar-refractivity contribution >= 4 is 23.2 Å². The molecule has 152 valence electrons. The quantitative estimate of drug-likeness (QED) is 0.698. The molecule has 0 bridgehead atoms. The maximum atomic E-state index is 11.9. The second kappa shape index (κ2) is 9.14. The van der Waals surface area contributed by atoms with Crippen molar-refractivity contribution in [3.63, 3.8) is 0 Å². The molecule has 3 rings (SSSR count). The molecule has 2 aromatic rings. The van der Waals surface area contributed by atoms with E-state index in [1.54, 1.807) is 4.52 Å². The van der Waals surface area contributed by atoms with Gasteiger partial charge in [-0.3, -0.25) is 9.59 Å². The number of hydrogen-bond donors (Lipinski definition) is 1. The van der Waals surface area contributed by atoms with Gasteiger partial charge in [-0.1, -0.05) is 20.8 Å². The van der Waals surface area contributed by atoms with Crippen LogP contribution in [0.5, 0.6) is 0 Å². The number of carbonyl (C=O) groups is 2. The number of nitrogens with zero attached hydrogens (tertiary/aromatic N) is 3. The van der Waals surface area contributed by atoms with E-state index in [1.807, 2.05) is 32.9 Å². The van der Waals surface area contributed by atoms with E-state index in [1.165, 1.54) is 6.33 Å². The summed E-state index contributed by atoms with van der Waals surface area (Å²) in [5.41, 5.74) is 1.64. The van der Waals surface area contributed by atoms with Crippen LogP contribution in [0.25, 0.3) is 5.52 Å². The van der Waals surface area contributed by atoms with Gasteiger partial charge in [0.2, 0.25) is 5.91 Å². The number of fused-ring (bicyclic) bond motifs is 1. The molecule has 1 aliphatic heterocycles. The SMILES string of the molecule is CCCC(=O)Nc1ncnn2c(C3CCC(COC(=O)CC(C)C)O3)ccc12. The first-order valence-corrected chi connectivity index (χ1v) is 9.91. The summed E-state index contributed by atoms with van der Waals surface area (Å²) in [6.45, 7) is 6.21. The average Bonchev–Trinajstić information content (AvgIpc) is 3.26. The van der Waals surface area contributed by atoms with E-state index >= 15 is 0 Å². The standard InChI is InChI=1S/C20H28N4O4/c1-4-5-18(25)23-20-16-8-7-15(24(16)22-12-21-20)17-9-6-14(28-17)11-27-19(26)10-13(2)3/h7-8,12-14,17H,4-6,9-11H2,1-3H3,(H,21,22,23,25). The van der Waals surface area contributed by atoms with Crippen LogP contribution in [0.15, 0.2) is 18.5 Å². The maximum absolute atomic E-state index is 11.9. The molecular formula is C20H28N4O4. The van der Waals surface area contributed by atoms with Crippen molar-refractivity contribution in [2.45, 2.75) is 65.1 Å². The highest BCUT2D eigenvalue weighted by Crippen LogP contribution is 2.34. The number of hydrogen-bond acceptors (Lipinski definition) is 6. The Hall–Kier alpha value is -2.48. The number of carbonyl (C=O) groups excluding carboxylic acids is 2. The lowest BCUT2D eigenvalue weighted by atomic mass is 10.1. The summed E-state index contributed by atoms with van der Waals surface area (Å²) in [6, 6.07) is 3.83. The highest BCUT2D eigenvalue weighted by Gasteiger charge is 2.30. The Labute approximate surface area is 164 Å². The molecule has 8 nitrogen and oxygen atoms in total. The first kappa shape index (κ1) is 20.3. The molecule has 2 unspecified atom stereocenters. The number of esters is 1. The van der Waals surface area contributed by atoms with Crippen LogP contribution < -0.4 is 5.32 Å². The van der Waals surface area contributed by atoms with Crippen molar-refractivity contribution < 1.29 is 19.1 Å². The van der Waals surface area contributed by atoms with E-state index < -0.39 is 0 Å². The van der Waals surface area contributed by atoms with E-state index in [0.717, 1.165) is 30.5 Å². The second-order valence-corrected chi connectivity index (χ2v) is 7.57. The molecule has 0 aromatic carbocycles. The summed E-state index contributed by atoms with van der Waals surface area (Å²) in [7, 11) is 0. The molecule has 28 heavy (non-hydrogen) atoms. The first-order valence-electron chi connectivity index (χ1n) is 9.91. The van der Waals surface area contributed by atoms with Crippen LogP contribution >= 0.6 is 0 Å². The molecule has 1 amide bonds. The van der Waals surface area contributed by atoms with Gasteiger partial charge in [0, 0.05) is 12.8 Å². The van der Waals surface area contributed by atoms with Gasteiger partial charge in [0.05, 0.1) is 11.8 Å². The molecule has 0 spiro atoms. The van der Waals surface area contributed by atoms with E-state index in [-0.39, 0.29) is 36.6 Å². The Morgan fingerprint density at radius 2 is 2.18 bits per heavy atom. The van der Waals surface area contributed by atoms with Crippen molar-refractivity contribution in [2.24, 2.45) is 5.92 Å². The molecule has 8 heteroatoms. The highest BCUT2D eigenvalue weighted by molar-refractivity contribution is 5.93. The predicted molar refractivity (Wildman–Crippen MR) is 104 cm³/mol. The van der Waals surface area contributed by atoms with Gasteiger partial charge in [0.1, 0.15) is 24.6 Å². The van der Waals surface area contributed by atoms with Crippen molar-refractivity contribution in [3.8, 4) is 0 Å². The summed E-state index contributed by atoms with van der Waals surface area (Å²) in [5.74, 6) is 0.530. The topological polar surface area (TPSA) is 94.8 Å². The molecule has 0 aliphatic carbocycles. The predicted octanol–water partition coefficient (Wildman–Crippen LogP) is 3.28. The second-order valence-electron chi connectivity index (χ2n) is 7.57. The Kier molecular flexibility index (Phi) is 6.61. The Bertz CT molecular complexity index is 833. The van der Waals surface area contributed by atoms with Gasteiger partial charge in [-0.05, 0) is 37.3 Å². The molecule has 1 fully saturated rings. The van der Waals surface area contributed by atoms with Gasteiger partial charge in [-0.2, -0.15) is 5.10 Å². The van der Waals surface area contributed by atoms with E-state index in [2.05, 4.69) is 15.4 Å². The third-order valence-electron chi connectivity index (χ3n) is 4.66. The zero-order valence-corrected chi connectivity index (χ0v) is 16.7. The van der Waals surface area contributed by atoms with Gasteiger partial charge in [-0.25, -0.2) is 9.50 Å². The summed E-state index contributed by atoms with van der Waals surface area (Å²) in [4.78, 5) is 27.8. The van der Waals surface area contributed by atoms with Crippen LogP contribution in [0.1, 0.15) is 64.7 Å². The third-order valence-corrected chi connectivity index (χ3v) is 4.66. The fourth-order valence-electron chi connectivity index (χ4n) is 3.34. The number of ether oxygens (including phenoxy) is 2. The van der Waals surface area contributed by atoms with Gasteiger partial charge in [-0.15, -0.1) is 0 Å². The molecule has 0 saturated carbocycles. The average molecular weight is 388 g/mol. The lowest BCUT2D eigenvalue weighted by Gasteiger charge is -2.14. The fourth-order valence-corrected chi connectivity index (χ4v) is 3.34. The van der Waals surface area contributed by atoms with Crippen LogP contribution in [0, 0.1) is 5.92 Å². The van der Waals surface area contributed by atoms with Crippen molar-refractivity contribution in [1.29, 1.82) is 0 Å². The lowest BCUT2D eigenvalue weighted by Crippen LogP contribution is -2.19. The molecule has 2 atom stereocenters. The van der Waals surface area contributed by atoms with Crippen LogP contribution in [-0.2, 0) is 19.1 Å². The van der Waals surface area contributed by atoms with E-state index in [0.29, 0.717) is 18.7 Å². The highest BCUT2D eigenvalue weighted by atomic mass is 16.6. The Morgan fingerprint density at radius 3 is 2.93 bits per heavy atom. The van der Waals surface area contributed by atoms with Crippen molar-refractivity contribution in [2.75, 3.05) is 11.9 Å². The first-order chi connectivity index (χ1) is 13.5. The van der Waals surface area contributed by atoms with E-state index in [9.17, 15) is 9.59 Å². The molecule has 2 aromatic heterocycles. The van der Waals surface area contributed by atoms with E-state index in [4.69, 9.17) is 9.47 Å². The van der Waals surface area contributed by atoms with Gasteiger partial charge in [0.25, 0.3) is 0 Å². The minimum Gasteiger partial charge on any atom is -0.463 e. The van der Waals surface area contributed by atoms with Gasteiger partial charge >= 0.3 is 5.97 Å². The zero-order valence-electron chi connectivity index (χ0n) is 16.7. The summed E-state index contributed by atoms with van der Waals surface area (Å²) in [5, 5.41) is 7.16. The monoisotopic (exact) mass is 388 g/mol. The van der Waals surface area contributed by atoms with Crippen LogP contribution in [0.4, 0.5) is 5.82 Å². The largest absolute Gasteiger partial charge is 0.463 e. The third kappa shape index (κ3) is 4.86. The number of amides is 1. The van der Waals surface area contributed by atoms with Crippen molar-refractivity contribution in [1.82, 2.24) is 14.6 Å². The molecule has 3 heterocycles. The Morgan fingerprint density at radius 1 is 1.36 bits per heavy atom. The minimum atomic E-state index is -0.185. The van der Waals surface area contributed by atoms with Gasteiger partial charge < -0.3 is 14.8 Å². The number of rotatable bonds is 8. The minimum absolute atomic E-state index is 0.0637. The van der Waals surface area contributed by atoms with Gasteiger partial charge in [0.15, 0.2) is 5.82 Å². The summed E-state index contributed by atoms with van der Waals surface area (Å²) >= 11 is 0. The summed E-state index contributed by atoms with van der Waals surface area (Å²) in [6.07, 6.45) is 4.47. The Balaban J connectivity index is 1.65. The summed E-state index contributed by atoms with van der Waals surface area (Å²) < 4.78 is 13.2. The van der Waals surface area contributed by atoms with Crippen LogP contribution in [0.3, 0.4) is 0 Å². The molecule has 1 N–H and O–H groups in total. The van der Waals surface area contributed by atoms with Crippen LogP contribution in [0.2, 0.25) is 0 Å². The lowest BCUT2D eigenvalue weighted by molar-refractivity contribution is -0.148. The molecule has 1 aliphatic rings. The smallest absolute Gasteiger partial charge is 0.306 e. The fraction of sp³-hybridized carbons (Fsp3) is 0.600. The van der Waals surface area contributed by atoms with Crippen LogP contribution in [-0.4, -0.2) is 39.2 Å². The maximum Gasteiger partial charge on any atom is 0.306 e. The zero-order chi connectivity index (χ0) is 20.1. The molecule has 0 radical (unpaired) electrons. The number of aromatic nitrogens is 3. The number of anilines is 1. The molecule has 1 saturated heterocycles. The molecular weight excluding hydrogens is 360 g/mol. The normalized spacial score (nSPS) is 19.3.